The zero-order chi connectivity index (χ0) is 30.5. The lowest BCUT2D eigenvalue weighted by molar-refractivity contribution is -0.142. The molecule has 2 aromatic carbocycles. The first-order chi connectivity index (χ1) is 19.3. The summed E-state index contributed by atoms with van der Waals surface area (Å²) < 4.78 is 0. The SMILES string of the molecule is NC(=O)CCC(N)C(=O)NC(Cc1ccccc1)C(=O)NC(CC(N)=O)C(=O)NC(Cc1ccc(O)cc1)C(=O)O. The molecule has 0 bridgehead atoms. The van der Waals surface area contributed by atoms with Gasteiger partial charge in [-0.25, -0.2) is 4.79 Å². The van der Waals surface area contributed by atoms with Crippen LogP contribution in [-0.2, 0) is 41.6 Å². The molecule has 2 aromatic rings. The van der Waals surface area contributed by atoms with E-state index in [1.54, 1.807) is 30.3 Å². The Kier molecular flexibility index (Phi) is 12.2. The van der Waals surface area contributed by atoms with E-state index in [-0.39, 0.29) is 31.4 Å². The summed E-state index contributed by atoms with van der Waals surface area (Å²) in [5.41, 5.74) is 17.4. The van der Waals surface area contributed by atoms with Gasteiger partial charge in [-0.15, -0.1) is 0 Å². The minimum absolute atomic E-state index is 0.0233. The Bertz CT molecular complexity index is 1240. The van der Waals surface area contributed by atoms with Crippen molar-refractivity contribution in [3.63, 3.8) is 0 Å². The molecule has 0 aliphatic carbocycles. The molecule has 4 unspecified atom stereocenters. The lowest BCUT2D eigenvalue weighted by Gasteiger charge is -2.25. The molecule has 5 amide bonds. The van der Waals surface area contributed by atoms with Crippen LogP contribution in [-0.4, -0.2) is 69.9 Å². The molecule has 14 nitrogen and oxygen atoms in total. The minimum atomic E-state index is -1.57. The number of amides is 5. The second-order valence-electron chi connectivity index (χ2n) is 9.36. The maximum absolute atomic E-state index is 13.3. The molecule has 0 spiro atoms. The Labute approximate surface area is 235 Å². The maximum Gasteiger partial charge on any atom is 0.326 e. The quantitative estimate of drug-likeness (QED) is 0.113. The van der Waals surface area contributed by atoms with E-state index in [9.17, 15) is 39.0 Å². The number of nitrogens with two attached hydrogens (primary N) is 3. The van der Waals surface area contributed by atoms with Crippen molar-refractivity contribution >= 4 is 35.5 Å². The Morgan fingerprint density at radius 3 is 1.76 bits per heavy atom. The van der Waals surface area contributed by atoms with Crippen LogP contribution in [0.25, 0.3) is 0 Å². The number of rotatable bonds is 16. The lowest BCUT2D eigenvalue weighted by atomic mass is 10.0. The van der Waals surface area contributed by atoms with Crippen LogP contribution < -0.4 is 33.2 Å². The van der Waals surface area contributed by atoms with Gasteiger partial charge in [0.1, 0.15) is 23.9 Å². The highest BCUT2D eigenvalue weighted by molar-refractivity contribution is 5.96. The normalized spacial score (nSPS) is 13.6. The highest BCUT2D eigenvalue weighted by Crippen LogP contribution is 2.12. The topological polar surface area (TPSA) is 257 Å². The Morgan fingerprint density at radius 2 is 1.20 bits per heavy atom. The van der Waals surface area contributed by atoms with Gasteiger partial charge in [0.2, 0.25) is 29.5 Å². The number of hydrogen-bond donors (Lipinski definition) is 8. The van der Waals surface area contributed by atoms with Crippen LogP contribution in [0.5, 0.6) is 5.75 Å². The third-order valence-electron chi connectivity index (χ3n) is 5.98. The second kappa shape index (κ2) is 15.6. The first-order valence-corrected chi connectivity index (χ1v) is 12.6. The number of hydrogen-bond acceptors (Lipinski definition) is 8. The zero-order valence-electron chi connectivity index (χ0n) is 22.1. The Balaban J connectivity index is 2.21. The van der Waals surface area contributed by atoms with Crippen LogP contribution in [0.1, 0.15) is 30.4 Å². The minimum Gasteiger partial charge on any atom is -0.508 e. The van der Waals surface area contributed by atoms with Gasteiger partial charge in [-0.1, -0.05) is 42.5 Å². The fraction of sp³-hybridized carbons (Fsp3) is 0.333. The molecule has 0 saturated heterocycles. The molecule has 220 valence electrons. The Morgan fingerprint density at radius 1 is 0.683 bits per heavy atom. The zero-order valence-corrected chi connectivity index (χ0v) is 22.1. The van der Waals surface area contributed by atoms with Gasteiger partial charge < -0.3 is 43.4 Å². The Hall–Kier alpha value is -4.98. The molecule has 0 aliphatic heterocycles. The summed E-state index contributed by atoms with van der Waals surface area (Å²) in [6.07, 6.45) is -1.06. The molecule has 0 heterocycles. The number of aromatic hydroxyl groups is 1. The van der Waals surface area contributed by atoms with Crippen molar-refractivity contribution in [1.29, 1.82) is 0 Å². The third kappa shape index (κ3) is 11.3. The summed E-state index contributed by atoms with van der Waals surface area (Å²) in [6, 6.07) is 8.82. The van der Waals surface area contributed by atoms with E-state index in [0.29, 0.717) is 11.1 Å². The van der Waals surface area contributed by atoms with E-state index in [1.165, 1.54) is 24.3 Å². The molecule has 0 fully saturated rings. The summed E-state index contributed by atoms with van der Waals surface area (Å²) in [5.74, 6) is -5.62. The fourth-order valence-corrected chi connectivity index (χ4v) is 3.79. The summed E-state index contributed by atoms with van der Waals surface area (Å²) in [7, 11) is 0. The van der Waals surface area contributed by atoms with Gasteiger partial charge in [0.25, 0.3) is 0 Å². The van der Waals surface area contributed by atoms with Crippen LogP contribution in [0.2, 0.25) is 0 Å². The number of carbonyl (C=O) groups is 6. The molecular weight excluding hydrogens is 536 g/mol. The number of benzene rings is 2. The molecule has 14 heteroatoms. The number of nitrogens with one attached hydrogen (secondary N) is 3. The molecule has 0 radical (unpaired) electrons. The van der Waals surface area contributed by atoms with Crippen LogP contribution in [0, 0.1) is 0 Å². The lowest BCUT2D eigenvalue weighted by Crippen LogP contribution is -2.58. The van der Waals surface area contributed by atoms with Crippen molar-refractivity contribution < 1.29 is 39.0 Å². The van der Waals surface area contributed by atoms with Gasteiger partial charge in [-0.2, -0.15) is 0 Å². The number of aliphatic carboxylic acids is 1. The van der Waals surface area contributed by atoms with Crippen molar-refractivity contribution in [2.45, 2.75) is 56.3 Å². The molecule has 4 atom stereocenters. The van der Waals surface area contributed by atoms with Crippen LogP contribution in [0.3, 0.4) is 0 Å². The monoisotopic (exact) mass is 570 g/mol. The van der Waals surface area contributed by atoms with E-state index < -0.39 is 66.1 Å². The van der Waals surface area contributed by atoms with Gasteiger partial charge in [0.05, 0.1) is 12.5 Å². The van der Waals surface area contributed by atoms with Crippen LogP contribution in [0.15, 0.2) is 54.6 Å². The van der Waals surface area contributed by atoms with Gasteiger partial charge in [-0.3, -0.25) is 24.0 Å². The third-order valence-corrected chi connectivity index (χ3v) is 5.98. The highest BCUT2D eigenvalue weighted by atomic mass is 16.4. The number of carboxylic acids is 1. The van der Waals surface area contributed by atoms with Crippen molar-refractivity contribution in [1.82, 2.24) is 16.0 Å². The van der Waals surface area contributed by atoms with Gasteiger partial charge in [-0.05, 0) is 29.7 Å². The second-order valence-corrected chi connectivity index (χ2v) is 9.36. The van der Waals surface area contributed by atoms with Gasteiger partial charge in [0.15, 0.2) is 0 Å². The number of carboxylic acid groups (broad SMARTS) is 1. The number of primary amides is 2. The predicted octanol–water partition coefficient (Wildman–Crippen LogP) is -1.82. The van der Waals surface area contributed by atoms with Gasteiger partial charge in [0, 0.05) is 19.3 Å². The van der Waals surface area contributed by atoms with Crippen molar-refractivity contribution in [2.24, 2.45) is 17.2 Å². The molecule has 2 rings (SSSR count). The van der Waals surface area contributed by atoms with Crippen molar-refractivity contribution in [3.05, 3.63) is 65.7 Å². The molecule has 0 aliphatic rings. The van der Waals surface area contributed by atoms with Crippen molar-refractivity contribution in [2.75, 3.05) is 0 Å². The molecule has 0 saturated carbocycles. The van der Waals surface area contributed by atoms with Crippen LogP contribution in [0.4, 0.5) is 0 Å². The van der Waals surface area contributed by atoms with E-state index >= 15 is 0 Å². The first kappa shape index (κ1) is 32.2. The summed E-state index contributed by atoms with van der Waals surface area (Å²) >= 11 is 0. The fourth-order valence-electron chi connectivity index (χ4n) is 3.79. The maximum atomic E-state index is 13.3. The highest BCUT2D eigenvalue weighted by Gasteiger charge is 2.31. The average molecular weight is 571 g/mol. The van der Waals surface area contributed by atoms with Crippen molar-refractivity contribution in [3.8, 4) is 5.75 Å². The summed E-state index contributed by atoms with van der Waals surface area (Å²) in [5, 5.41) is 26.2. The largest absolute Gasteiger partial charge is 0.508 e. The van der Waals surface area contributed by atoms with E-state index in [0.717, 1.165) is 0 Å². The molecular formula is C27H34N6O8. The standard InChI is InChI=1S/C27H34N6O8/c28-18(10-11-22(29)35)24(37)31-19(12-15-4-2-1-3-5-15)25(38)32-20(14-23(30)36)26(39)33-21(27(40)41)13-16-6-8-17(34)9-7-16/h1-9,18-21,34H,10-14,28H2,(H2,29,35)(H2,30,36)(H,31,37)(H,32,38)(H,33,39)(H,40,41). The molecule has 0 aromatic heterocycles. The number of carbonyl (C=O) groups excluding carboxylic acids is 5. The summed E-state index contributed by atoms with van der Waals surface area (Å²) in [6.45, 7) is 0. The molecule has 11 N–H and O–H groups in total. The first-order valence-electron chi connectivity index (χ1n) is 12.6. The van der Waals surface area contributed by atoms with E-state index in [2.05, 4.69) is 16.0 Å². The average Bonchev–Trinajstić information content (AvgIpc) is 2.91. The smallest absolute Gasteiger partial charge is 0.326 e. The van der Waals surface area contributed by atoms with Gasteiger partial charge >= 0.3 is 5.97 Å². The number of phenols is 1. The number of phenolic OH excluding ortho intramolecular Hbond substituents is 1. The molecule has 41 heavy (non-hydrogen) atoms. The van der Waals surface area contributed by atoms with Crippen LogP contribution >= 0.6 is 0 Å². The van der Waals surface area contributed by atoms with E-state index in [4.69, 9.17) is 17.2 Å². The van der Waals surface area contributed by atoms with E-state index in [1.807, 2.05) is 0 Å². The summed E-state index contributed by atoms with van der Waals surface area (Å²) in [4.78, 5) is 73.6. The predicted molar refractivity (Wildman–Crippen MR) is 146 cm³/mol.